The van der Waals surface area contributed by atoms with Gasteiger partial charge in [-0.25, -0.2) is 0 Å². The monoisotopic (exact) mass is 261 g/mol. The van der Waals surface area contributed by atoms with Gasteiger partial charge in [-0.2, -0.15) is 0 Å². The summed E-state index contributed by atoms with van der Waals surface area (Å²) in [6.07, 6.45) is 1.37. The summed E-state index contributed by atoms with van der Waals surface area (Å²) >= 11 is 0. The minimum Gasteiger partial charge on any atom is -0.393 e. The minimum atomic E-state index is -0.184. The molecule has 1 aromatic carbocycles. The van der Waals surface area contributed by atoms with E-state index in [1.54, 1.807) is 0 Å². The quantitative estimate of drug-likeness (QED) is 0.846. The molecule has 1 aliphatic heterocycles. The van der Waals surface area contributed by atoms with Gasteiger partial charge in [0.05, 0.1) is 12.6 Å². The lowest BCUT2D eigenvalue weighted by Crippen LogP contribution is -2.39. The van der Waals surface area contributed by atoms with E-state index in [-0.39, 0.29) is 11.9 Å². The molecule has 1 fully saturated rings. The molecule has 1 saturated heterocycles. The Balaban J connectivity index is 1.92. The molecule has 0 spiro atoms. The van der Waals surface area contributed by atoms with Crippen molar-refractivity contribution in [1.29, 1.82) is 0 Å². The molecule has 19 heavy (non-hydrogen) atoms. The van der Waals surface area contributed by atoms with E-state index in [9.17, 15) is 9.90 Å². The second-order valence-corrected chi connectivity index (χ2v) is 5.71. The highest BCUT2D eigenvalue weighted by Gasteiger charge is 2.19. The normalized spacial score (nSPS) is 17.9. The van der Waals surface area contributed by atoms with Gasteiger partial charge in [-0.1, -0.05) is 38.1 Å². The highest BCUT2D eigenvalue weighted by Crippen LogP contribution is 2.16. The van der Waals surface area contributed by atoms with Crippen molar-refractivity contribution >= 4 is 5.78 Å². The van der Waals surface area contributed by atoms with Crippen molar-refractivity contribution in [2.24, 2.45) is 0 Å². The molecular formula is C16H23NO2. The Morgan fingerprint density at radius 2 is 1.84 bits per heavy atom. The van der Waals surface area contributed by atoms with Crippen LogP contribution in [0.2, 0.25) is 0 Å². The molecular weight excluding hydrogens is 238 g/mol. The summed E-state index contributed by atoms with van der Waals surface area (Å²) in [7, 11) is 0. The standard InChI is InChI=1S/C16H23NO2/c1-12(2)13-3-5-14(6-4-13)16(19)11-17-9-7-15(18)8-10-17/h3-6,12,15,18H,7-11H2,1-2H3. The molecule has 1 aromatic rings. The Bertz CT molecular complexity index is 417. The molecule has 3 nitrogen and oxygen atoms in total. The van der Waals surface area contributed by atoms with E-state index < -0.39 is 0 Å². The predicted octanol–water partition coefficient (Wildman–Crippen LogP) is 2.45. The van der Waals surface area contributed by atoms with Crippen molar-refractivity contribution in [2.45, 2.75) is 38.7 Å². The van der Waals surface area contributed by atoms with Gasteiger partial charge in [0.2, 0.25) is 0 Å². The highest BCUT2D eigenvalue weighted by molar-refractivity contribution is 5.97. The van der Waals surface area contributed by atoms with Crippen LogP contribution in [0.15, 0.2) is 24.3 Å². The van der Waals surface area contributed by atoms with Gasteiger partial charge in [0.25, 0.3) is 0 Å². The summed E-state index contributed by atoms with van der Waals surface area (Å²) in [6.45, 7) is 6.40. The first-order chi connectivity index (χ1) is 9.06. The van der Waals surface area contributed by atoms with Crippen molar-refractivity contribution in [3.63, 3.8) is 0 Å². The van der Waals surface area contributed by atoms with Crippen LogP contribution in [-0.2, 0) is 0 Å². The van der Waals surface area contributed by atoms with Crippen LogP contribution in [0.4, 0.5) is 0 Å². The molecule has 0 saturated carbocycles. The van der Waals surface area contributed by atoms with Gasteiger partial charge in [0, 0.05) is 18.7 Å². The van der Waals surface area contributed by atoms with Gasteiger partial charge in [-0.3, -0.25) is 9.69 Å². The summed E-state index contributed by atoms with van der Waals surface area (Å²) in [5.74, 6) is 0.666. The number of nitrogens with zero attached hydrogens (tertiary/aromatic N) is 1. The zero-order valence-electron chi connectivity index (χ0n) is 11.8. The number of rotatable bonds is 4. The zero-order chi connectivity index (χ0) is 13.8. The fraction of sp³-hybridized carbons (Fsp3) is 0.562. The maximum absolute atomic E-state index is 12.2. The number of carbonyl (C=O) groups excluding carboxylic acids is 1. The van der Waals surface area contributed by atoms with Gasteiger partial charge in [-0.05, 0) is 24.3 Å². The van der Waals surface area contributed by atoms with Gasteiger partial charge in [-0.15, -0.1) is 0 Å². The molecule has 0 radical (unpaired) electrons. The van der Waals surface area contributed by atoms with Crippen LogP contribution in [0, 0.1) is 0 Å². The summed E-state index contributed by atoms with van der Waals surface area (Å²) in [4.78, 5) is 14.3. The molecule has 1 N–H and O–H groups in total. The Kier molecular flexibility index (Phi) is 4.72. The van der Waals surface area contributed by atoms with Gasteiger partial charge < -0.3 is 5.11 Å². The van der Waals surface area contributed by atoms with Crippen molar-refractivity contribution in [3.8, 4) is 0 Å². The highest BCUT2D eigenvalue weighted by atomic mass is 16.3. The van der Waals surface area contributed by atoms with E-state index in [1.807, 2.05) is 24.3 Å². The van der Waals surface area contributed by atoms with E-state index in [2.05, 4.69) is 18.7 Å². The molecule has 104 valence electrons. The molecule has 0 aliphatic carbocycles. The van der Waals surface area contributed by atoms with Crippen LogP contribution in [0.25, 0.3) is 0 Å². The second-order valence-electron chi connectivity index (χ2n) is 5.71. The smallest absolute Gasteiger partial charge is 0.176 e. The van der Waals surface area contributed by atoms with E-state index in [0.29, 0.717) is 12.5 Å². The fourth-order valence-electron chi connectivity index (χ4n) is 2.43. The number of aliphatic hydroxyl groups excluding tert-OH is 1. The van der Waals surface area contributed by atoms with E-state index >= 15 is 0 Å². The first-order valence-electron chi connectivity index (χ1n) is 7.10. The van der Waals surface area contributed by atoms with E-state index in [0.717, 1.165) is 31.5 Å². The third-order valence-electron chi connectivity index (χ3n) is 3.82. The first-order valence-corrected chi connectivity index (χ1v) is 7.10. The number of Topliss-reactive ketones (excluding diaryl/α,β-unsaturated/α-hetero) is 1. The lowest BCUT2D eigenvalue weighted by molar-refractivity contribution is 0.0711. The number of carbonyl (C=O) groups is 1. The number of aliphatic hydroxyl groups is 1. The van der Waals surface area contributed by atoms with Crippen molar-refractivity contribution in [1.82, 2.24) is 4.90 Å². The lowest BCUT2D eigenvalue weighted by Gasteiger charge is -2.28. The van der Waals surface area contributed by atoms with Crippen LogP contribution in [0.3, 0.4) is 0 Å². The van der Waals surface area contributed by atoms with Gasteiger partial charge in [0.1, 0.15) is 0 Å². The topological polar surface area (TPSA) is 40.5 Å². The maximum Gasteiger partial charge on any atom is 0.176 e. The Morgan fingerprint density at radius 3 is 2.37 bits per heavy atom. The number of hydrogen-bond donors (Lipinski definition) is 1. The summed E-state index contributed by atoms with van der Waals surface area (Å²) in [6, 6.07) is 7.93. The number of ketones is 1. The van der Waals surface area contributed by atoms with Crippen LogP contribution >= 0.6 is 0 Å². The first kappa shape index (κ1) is 14.2. The Hall–Kier alpha value is -1.19. The molecule has 0 unspecified atom stereocenters. The average Bonchev–Trinajstić information content (AvgIpc) is 2.41. The van der Waals surface area contributed by atoms with E-state index in [1.165, 1.54) is 5.56 Å². The number of likely N-dealkylation sites (tertiary alicyclic amines) is 1. The second kappa shape index (κ2) is 6.31. The SMILES string of the molecule is CC(C)c1ccc(C(=O)CN2CCC(O)CC2)cc1. The zero-order valence-corrected chi connectivity index (χ0v) is 11.8. The lowest BCUT2D eigenvalue weighted by atomic mass is 10.00. The van der Waals surface area contributed by atoms with Crippen LogP contribution in [0.5, 0.6) is 0 Å². The summed E-state index contributed by atoms with van der Waals surface area (Å²) in [5, 5.41) is 9.45. The van der Waals surface area contributed by atoms with Crippen molar-refractivity contribution in [3.05, 3.63) is 35.4 Å². The Morgan fingerprint density at radius 1 is 1.26 bits per heavy atom. The van der Waals surface area contributed by atoms with E-state index in [4.69, 9.17) is 0 Å². The fourth-order valence-corrected chi connectivity index (χ4v) is 2.43. The third-order valence-corrected chi connectivity index (χ3v) is 3.82. The molecule has 3 heteroatoms. The third kappa shape index (κ3) is 3.88. The molecule has 2 rings (SSSR count). The molecule has 0 amide bonds. The average molecular weight is 261 g/mol. The van der Waals surface area contributed by atoms with Gasteiger partial charge >= 0.3 is 0 Å². The van der Waals surface area contributed by atoms with Crippen LogP contribution < -0.4 is 0 Å². The molecule has 0 bridgehead atoms. The number of hydrogen-bond acceptors (Lipinski definition) is 3. The minimum absolute atomic E-state index is 0.173. The van der Waals surface area contributed by atoms with Crippen molar-refractivity contribution in [2.75, 3.05) is 19.6 Å². The van der Waals surface area contributed by atoms with Gasteiger partial charge in [0.15, 0.2) is 5.78 Å². The Labute approximate surface area is 115 Å². The molecule has 0 aromatic heterocycles. The molecule has 1 aliphatic rings. The molecule has 0 atom stereocenters. The predicted molar refractivity (Wildman–Crippen MR) is 76.5 cm³/mol. The summed E-state index contributed by atoms with van der Waals surface area (Å²) in [5.41, 5.74) is 2.05. The maximum atomic E-state index is 12.2. The largest absolute Gasteiger partial charge is 0.393 e. The number of piperidine rings is 1. The summed E-state index contributed by atoms with van der Waals surface area (Å²) < 4.78 is 0. The number of benzene rings is 1. The van der Waals surface area contributed by atoms with Crippen LogP contribution in [0.1, 0.15) is 48.5 Å². The van der Waals surface area contributed by atoms with Crippen molar-refractivity contribution < 1.29 is 9.90 Å². The van der Waals surface area contributed by atoms with Crippen LogP contribution in [-0.4, -0.2) is 41.5 Å². The molecule has 1 heterocycles.